The fourth-order valence-corrected chi connectivity index (χ4v) is 1.57. The Morgan fingerprint density at radius 3 is 2.41 bits per heavy atom. The number of aromatic amines is 1. The first kappa shape index (κ1) is 11.2. The van der Waals surface area contributed by atoms with Crippen molar-refractivity contribution in [2.75, 3.05) is 19.0 Å². The van der Waals surface area contributed by atoms with Crippen molar-refractivity contribution < 1.29 is 5.21 Å². The Hall–Kier alpha value is -2.30. The molecule has 2 rings (SSSR count). The highest BCUT2D eigenvalue weighted by Crippen LogP contribution is 2.15. The molecule has 0 saturated heterocycles. The first-order valence-corrected chi connectivity index (χ1v) is 5.22. The molecular weight excluding hydrogens is 216 g/mol. The van der Waals surface area contributed by atoms with Gasteiger partial charge in [-0.1, -0.05) is 17.3 Å². The number of oxime groups is 1. The molecular formula is C12H14N4O. The third-order valence-corrected chi connectivity index (χ3v) is 2.51. The summed E-state index contributed by atoms with van der Waals surface area (Å²) < 4.78 is 0. The maximum Gasteiger partial charge on any atom is 0.134 e. The van der Waals surface area contributed by atoms with Crippen molar-refractivity contribution >= 4 is 11.4 Å². The Morgan fingerprint density at radius 2 is 1.94 bits per heavy atom. The molecule has 0 atom stereocenters. The van der Waals surface area contributed by atoms with E-state index in [1.807, 2.05) is 43.3 Å². The molecule has 2 aromatic rings. The minimum atomic E-state index is 0.479. The number of rotatable bonds is 3. The lowest BCUT2D eigenvalue weighted by atomic mass is 10.1. The Morgan fingerprint density at radius 1 is 1.24 bits per heavy atom. The highest BCUT2D eigenvalue weighted by Gasteiger charge is 2.09. The monoisotopic (exact) mass is 230 g/mol. The van der Waals surface area contributed by atoms with Crippen LogP contribution in [0, 0.1) is 0 Å². The number of hydrogen-bond donors (Lipinski definition) is 2. The molecule has 0 aliphatic heterocycles. The fraction of sp³-hybridized carbons (Fsp3) is 0.167. The topological polar surface area (TPSA) is 64.5 Å². The summed E-state index contributed by atoms with van der Waals surface area (Å²) in [7, 11) is 3.95. The van der Waals surface area contributed by atoms with Crippen LogP contribution >= 0.6 is 0 Å². The van der Waals surface area contributed by atoms with Crippen LogP contribution in [0.4, 0.5) is 5.69 Å². The number of anilines is 1. The first-order valence-electron chi connectivity index (χ1n) is 5.22. The predicted octanol–water partition coefficient (Wildman–Crippen LogP) is 1.70. The Bertz CT molecular complexity index is 500. The second-order valence-corrected chi connectivity index (χ2v) is 3.86. The Labute approximate surface area is 99.4 Å². The summed E-state index contributed by atoms with van der Waals surface area (Å²) in [5, 5.41) is 19.0. The predicted molar refractivity (Wildman–Crippen MR) is 66.8 cm³/mol. The number of benzene rings is 1. The maximum atomic E-state index is 9.06. The Balaban J connectivity index is 2.33. The second-order valence-electron chi connectivity index (χ2n) is 3.86. The largest absolute Gasteiger partial charge is 0.410 e. The molecule has 0 aliphatic carbocycles. The highest BCUT2D eigenvalue weighted by molar-refractivity contribution is 6.11. The smallest absolute Gasteiger partial charge is 0.134 e. The van der Waals surface area contributed by atoms with E-state index in [4.69, 9.17) is 5.21 Å². The van der Waals surface area contributed by atoms with Gasteiger partial charge in [0.05, 0.1) is 5.69 Å². The standard InChI is InChI=1S/C12H14N4O/c1-16(2)10-5-3-9(4-6-10)12(15-17)11-7-8-13-14-11/h3-8,17H,1-2H3,(H,13,14)/b15-12+. The molecule has 5 nitrogen and oxygen atoms in total. The summed E-state index contributed by atoms with van der Waals surface area (Å²) in [6.07, 6.45) is 1.62. The fourth-order valence-electron chi connectivity index (χ4n) is 1.57. The molecule has 5 heteroatoms. The van der Waals surface area contributed by atoms with Crippen LogP contribution in [-0.4, -0.2) is 35.2 Å². The van der Waals surface area contributed by atoms with E-state index in [0.717, 1.165) is 11.3 Å². The zero-order chi connectivity index (χ0) is 12.3. The van der Waals surface area contributed by atoms with Crippen molar-refractivity contribution in [3.8, 4) is 0 Å². The van der Waals surface area contributed by atoms with E-state index in [2.05, 4.69) is 15.4 Å². The van der Waals surface area contributed by atoms with Gasteiger partial charge < -0.3 is 10.1 Å². The van der Waals surface area contributed by atoms with Crippen molar-refractivity contribution in [1.82, 2.24) is 10.2 Å². The molecule has 2 N–H and O–H groups in total. The molecule has 17 heavy (non-hydrogen) atoms. The minimum absolute atomic E-state index is 0.479. The molecule has 0 saturated carbocycles. The number of nitrogens with one attached hydrogen (secondary N) is 1. The van der Waals surface area contributed by atoms with Crippen LogP contribution < -0.4 is 4.90 Å². The molecule has 1 heterocycles. The van der Waals surface area contributed by atoms with Gasteiger partial charge in [-0.2, -0.15) is 5.10 Å². The van der Waals surface area contributed by atoms with E-state index in [9.17, 15) is 0 Å². The average Bonchev–Trinajstić information content (AvgIpc) is 2.84. The third kappa shape index (κ3) is 2.28. The van der Waals surface area contributed by atoms with Crippen molar-refractivity contribution in [2.24, 2.45) is 5.16 Å². The van der Waals surface area contributed by atoms with Gasteiger partial charge in [0.15, 0.2) is 0 Å². The van der Waals surface area contributed by atoms with Crippen LogP contribution in [0.25, 0.3) is 0 Å². The van der Waals surface area contributed by atoms with Gasteiger partial charge in [0.1, 0.15) is 5.71 Å². The number of H-pyrrole nitrogens is 1. The maximum absolute atomic E-state index is 9.06. The molecule has 0 aliphatic rings. The third-order valence-electron chi connectivity index (χ3n) is 2.51. The summed E-state index contributed by atoms with van der Waals surface area (Å²) in [6.45, 7) is 0. The van der Waals surface area contributed by atoms with Crippen LogP contribution in [0.2, 0.25) is 0 Å². The van der Waals surface area contributed by atoms with Gasteiger partial charge >= 0.3 is 0 Å². The lowest BCUT2D eigenvalue weighted by Gasteiger charge is -2.12. The summed E-state index contributed by atoms with van der Waals surface area (Å²) in [5.41, 5.74) is 3.09. The van der Waals surface area contributed by atoms with Crippen LogP contribution in [0.3, 0.4) is 0 Å². The molecule has 0 spiro atoms. The van der Waals surface area contributed by atoms with E-state index in [0.29, 0.717) is 11.4 Å². The van der Waals surface area contributed by atoms with E-state index in [1.54, 1.807) is 12.3 Å². The number of hydrogen-bond acceptors (Lipinski definition) is 4. The van der Waals surface area contributed by atoms with Gasteiger partial charge in [0.2, 0.25) is 0 Å². The van der Waals surface area contributed by atoms with Crippen LogP contribution in [0.15, 0.2) is 41.7 Å². The van der Waals surface area contributed by atoms with Gasteiger partial charge in [-0.15, -0.1) is 0 Å². The Kier molecular flexibility index (Phi) is 3.09. The number of aromatic nitrogens is 2. The zero-order valence-electron chi connectivity index (χ0n) is 9.75. The van der Waals surface area contributed by atoms with Gasteiger partial charge in [-0.3, -0.25) is 5.10 Å². The van der Waals surface area contributed by atoms with Crippen LogP contribution in [0.1, 0.15) is 11.3 Å². The van der Waals surface area contributed by atoms with Gasteiger partial charge in [-0.05, 0) is 18.2 Å². The zero-order valence-corrected chi connectivity index (χ0v) is 9.75. The van der Waals surface area contributed by atoms with Gasteiger partial charge in [0, 0.05) is 31.5 Å². The molecule has 0 fully saturated rings. The van der Waals surface area contributed by atoms with Crippen molar-refractivity contribution in [3.63, 3.8) is 0 Å². The van der Waals surface area contributed by atoms with E-state index in [1.165, 1.54) is 0 Å². The lowest BCUT2D eigenvalue weighted by Crippen LogP contribution is -2.09. The average molecular weight is 230 g/mol. The lowest BCUT2D eigenvalue weighted by molar-refractivity contribution is 0.319. The van der Waals surface area contributed by atoms with Gasteiger partial charge in [-0.25, -0.2) is 0 Å². The van der Waals surface area contributed by atoms with Crippen molar-refractivity contribution in [3.05, 3.63) is 47.8 Å². The van der Waals surface area contributed by atoms with Crippen LogP contribution in [0.5, 0.6) is 0 Å². The molecule has 0 radical (unpaired) electrons. The molecule has 0 unspecified atom stereocenters. The van der Waals surface area contributed by atoms with Crippen molar-refractivity contribution in [2.45, 2.75) is 0 Å². The second kappa shape index (κ2) is 4.69. The summed E-state index contributed by atoms with van der Waals surface area (Å²) in [6, 6.07) is 9.51. The summed E-state index contributed by atoms with van der Waals surface area (Å²) in [5.74, 6) is 0. The van der Waals surface area contributed by atoms with E-state index >= 15 is 0 Å². The van der Waals surface area contributed by atoms with E-state index in [-0.39, 0.29) is 0 Å². The molecule has 1 aromatic carbocycles. The quantitative estimate of drug-likeness (QED) is 0.479. The highest BCUT2D eigenvalue weighted by atomic mass is 16.4. The van der Waals surface area contributed by atoms with Crippen molar-refractivity contribution in [1.29, 1.82) is 0 Å². The molecule has 0 bridgehead atoms. The molecule has 0 amide bonds. The summed E-state index contributed by atoms with van der Waals surface area (Å²) in [4.78, 5) is 2.01. The van der Waals surface area contributed by atoms with E-state index < -0.39 is 0 Å². The molecule has 1 aromatic heterocycles. The normalized spacial score (nSPS) is 11.5. The molecule has 88 valence electrons. The minimum Gasteiger partial charge on any atom is -0.410 e. The number of nitrogens with zero attached hydrogens (tertiary/aromatic N) is 3. The van der Waals surface area contributed by atoms with Crippen LogP contribution in [-0.2, 0) is 0 Å². The van der Waals surface area contributed by atoms with Gasteiger partial charge in [0.25, 0.3) is 0 Å². The first-order chi connectivity index (χ1) is 8.22. The summed E-state index contributed by atoms with van der Waals surface area (Å²) >= 11 is 0. The SMILES string of the molecule is CN(C)c1ccc(/C(=N\O)c2ccn[nH]2)cc1.